The molecule has 0 aliphatic heterocycles. The summed E-state index contributed by atoms with van der Waals surface area (Å²) >= 11 is 0. The molecule has 0 saturated carbocycles. The van der Waals surface area contributed by atoms with Gasteiger partial charge in [-0.3, -0.25) is 18.6 Å². The van der Waals surface area contributed by atoms with Gasteiger partial charge in [0, 0.05) is 12.8 Å². The SMILES string of the molecule is CC(C)CCCCCCCCCCCCCCCCCCC(=O)OC[C@H](COP(=O)(O)OC[C@@H](O)CO)OC(=O)CCC/C=C\C/C=C\C/C=C\C/C=C\CCC[C@H](C)O. The van der Waals surface area contributed by atoms with Gasteiger partial charge >= 0.3 is 19.8 Å². The third-order valence-electron chi connectivity index (χ3n) is 9.93. The van der Waals surface area contributed by atoms with Crippen LogP contribution in [0.3, 0.4) is 0 Å². The van der Waals surface area contributed by atoms with Crippen LogP contribution < -0.4 is 0 Å². The van der Waals surface area contributed by atoms with Crippen molar-refractivity contribution < 1.29 is 52.9 Å². The summed E-state index contributed by atoms with van der Waals surface area (Å²) in [4.78, 5) is 35.0. The molecule has 1 unspecified atom stereocenters. The summed E-state index contributed by atoms with van der Waals surface area (Å²) in [7, 11) is -4.64. The summed E-state index contributed by atoms with van der Waals surface area (Å²) in [6.45, 7) is 4.22. The second kappa shape index (κ2) is 42.2. The fourth-order valence-electron chi connectivity index (χ4n) is 6.31. The molecule has 0 saturated heterocycles. The van der Waals surface area contributed by atoms with Gasteiger partial charge in [-0.1, -0.05) is 165 Å². The van der Waals surface area contributed by atoms with E-state index in [0.29, 0.717) is 19.3 Å². The summed E-state index contributed by atoms with van der Waals surface area (Å²) in [6, 6.07) is 0. The number of esters is 2. The predicted octanol–water partition coefficient (Wildman–Crippen LogP) is 11.7. The smallest absolute Gasteiger partial charge is 0.462 e. The zero-order chi connectivity index (χ0) is 44.4. The molecule has 0 bridgehead atoms. The number of hydrogen-bond acceptors (Lipinski definition) is 10. The first-order valence-corrected chi connectivity index (χ1v) is 25.0. The standard InChI is InChI=1S/C48H87O11P/c1-43(2)35-31-27-23-19-15-11-7-4-5-9-13-17-21-25-29-33-37-47(52)56-41-46(42-58-60(54,55)57-40-45(51)39-49)59-48(53)38-34-30-26-22-18-14-10-6-8-12-16-20-24-28-32-36-44(3)50/h8,10,12,14,20,22,24,26,43-46,49-51H,4-7,9,11,13,15-19,21,23,25,27-42H2,1-3H3,(H,54,55)/b12-8-,14-10-,24-20-,26-22-/t44-,45-,46+/m0/s1. The first-order valence-electron chi connectivity index (χ1n) is 23.5. The minimum Gasteiger partial charge on any atom is -0.462 e. The summed E-state index contributed by atoms with van der Waals surface area (Å²) in [5, 5.41) is 27.6. The second-order valence-electron chi connectivity index (χ2n) is 16.5. The van der Waals surface area contributed by atoms with E-state index in [1.807, 2.05) is 19.1 Å². The van der Waals surface area contributed by atoms with Crippen molar-refractivity contribution in [3.05, 3.63) is 48.6 Å². The Morgan fingerprint density at radius 1 is 0.533 bits per heavy atom. The molecular weight excluding hydrogens is 783 g/mol. The Balaban J connectivity index is 4.31. The van der Waals surface area contributed by atoms with Crippen LogP contribution in [0.4, 0.5) is 0 Å². The first kappa shape index (κ1) is 57.9. The molecule has 0 aliphatic carbocycles. The topological polar surface area (TPSA) is 169 Å². The molecule has 0 aromatic heterocycles. The van der Waals surface area contributed by atoms with Crippen LogP contribution >= 0.6 is 7.82 Å². The van der Waals surface area contributed by atoms with Gasteiger partial charge in [0.25, 0.3) is 0 Å². The van der Waals surface area contributed by atoms with E-state index >= 15 is 0 Å². The zero-order valence-corrected chi connectivity index (χ0v) is 38.8. The van der Waals surface area contributed by atoms with Gasteiger partial charge < -0.3 is 29.7 Å². The Morgan fingerprint density at radius 3 is 1.45 bits per heavy atom. The van der Waals surface area contributed by atoms with E-state index in [0.717, 1.165) is 63.7 Å². The molecule has 0 aromatic carbocycles. The van der Waals surface area contributed by atoms with Gasteiger partial charge in [0.2, 0.25) is 0 Å². The van der Waals surface area contributed by atoms with Gasteiger partial charge in [0.15, 0.2) is 6.10 Å². The number of carbonyl (C=O) groups is 2. The fourth-order valence-corrected chi connectivity index (χ4v) is 7.10. The van der Waals surface area contributed by atoms with Crippen molar-refractivity contribution in [3.8, 4) is 0 Å². The number of aliphatic hydroxyl groups is 3. The van der Waals surface area contributed by atoms with E-state index in [-0.39, 0.29) is 25.6 Å². The monoisotopic (exact) mass is 871 g/mol. The minimum atomic E-state index is -4.64. The minimum absolute atomic E-state index is 0.0965. The van der Waals surface area contributed by atoms with Gasteiger partial charge in [-0.2, -0.15) is 0 Å². The first-order chi connectivity index (χ1) is 28.9. The molecule has 0 heterocycles. The van der Waals surface area contributed by atoms with Crippen LogP contribution in [0.25, 0.3) is 0 Å². The molecule has 0 spiro atoms. The molecule has 11 nitrogen and oxygen atoms in total. The number of carbonyl (C=O) groups excluding carboxylic acids is 2. The molecule has 0 rings (SSSR count). The van der Waals surface area contributed by atoms with Crippen LogP contribution in [0.15, 0.2) is 48.6 Å². The van der Waals surface area contributed by atoms with Crippen molar-refractivity contribution in [2.75, 3.05) is 26.4 Å². The largest absolute Gasteiger partial charge is 0.472 e. The van der Waals surface area contributed by atoms with Crippen molar-refractivity contribution in [1.82, 2.24) is 0 Å². The van der Waals surface area contributed by atoms with Crippen molar-refractivity contribution >= 4 is 19.8 Å². The van der Waals surface area contributed by atoms with Gasteiger partial charge in [-0.25, -0.2) is 4.57 Å². The normalized spacial score (nSPS) is 14.8. The maximum absolute atomic E-state index is 12.6. The highest BCUT2D eigenvalue weighted by Crippen LogP contribution is 2.43. The van der Waals surface area contributed by atoms with Crippen molar-refractivity contribution in [2.24, 2.45) is 5.92 Å². The summed E-state index contributed by atoms with van der Waals surface area (Å²) in [5.41, 5.74) is 0. The molecule has 4 N–H and O–H groups in total. The molecule has 0 aliphatic rings. The van der Waals surface area contributed by atoms with E-state index < -0.39 is 51.8 Å². The molecule has 0 fully saturated rings. The quantitative estimate of drug-likeness (QED) is 0.0199. The van der Waals surface area contributed by atoms with Gasteiger partial charge in [-0.05, 0) is 70.6 Å². The van der Waals surface area contributed by atoms with E-state index in [1.54, 1.807) is 0 Å². The maximum Gasteiger partial charge on any atom is 0.472 e. The summed E-state index contributed by atoms with van der Waals surface area (Å²) < 4.78 is 32.7. The lowest BCUT2D eigenvalue weighted by Crippen LogP contribution is -2.29. The predicted molar refractivity (Wildman–Crippen MR) is 243 cm³/mol. The fraction of sp³-hybridized carbons (Fsp3) is 0.792. The maximum atomic E-state index is 12.6. The van der Waals surface area contributed by atoms with Crippen LogP contribution in [-0.4, -0.2) is 76.9 Å². The molecule has 0 amide bonds. The van der Waals surface area contributed by atoms with Gasteiger partial charge in [0.1, 0.15) is 12.7 Å². The number of ether oxygens (including phenoxy) is 2. The zero-order valence-electron chi connectivity index (χ0n) is 37.9. The van der Waals surface area contributed by atoms with E-state index in [9.17, 15) is 29.3 Å². The Morgan fingerprint density at radius 2 is 0.967 bits per heavy atom. The Kier molecular flexibility index (Phi) is 40.7. The highest BCUT2D eigenvalue weighted by Gasteiger charge is 2.27. The Labute approximate surface area is 365 Å². The molecule has 0 radical (unpaired) electrons. The molecular formula is C48H87O11P. The number of unbranched alkanes of at least 4 members (excludes halogenated alkanes) is 17. The van der Waals surface area contributed by atoms with E-state index in [1.165, 1.54) is 83.5 Å². The highest BCUT2D eigenvalue weighted by atomic mass is 31.2. The molecule has 12 heteroatoms. The molecule has 60 heavy (non-hydrogen) atoms. The molecule has 0 aromatic rings. The number of aliphatic hydroxyl groups excluding tert-OH is 3. The molecule has 4 atom stereocenters. The Bertz CT molecular complexity index is 1170. The van der Waals surface area contributed by atoms with Crippen LogP contribution in [0.2, 0.25) is 0 Å². The third-order valence-corrected chi connectivity index (χ3v) is 10.9. The second-order valence-corrected chi connectivity index (χ2v) is 18.0. The van der Waals surface area contributed by atoms with Crippen LogP contribution in [0.5, 0.6) is 0 Å². The average molecular weight is 871 g/mol. The van der Waals surface area contributed by atoms with Crippen LogP contribution in [0, 0.1) is 5.92 Å². The lowest BCUT2D eigenvalue weighted by atomic mass is 10.0. The number of phosphoric ester groups is 1. The van der Waals surface area contributed by atoms with E-state index in [2.05, 4.69) is 54.8 Å². The van der Waals surface area contributed by atoms with Crippen LogP contribution in [-0.2, 0) is 32.7 Å². The van der Waals surface area contributed by atoms with E-state index in [4.69, 9.17) is 19.1 Å². The lowest BCUT2D eigenvalue weighted by Gasteiger charge is -2.20. The number of allylic oxidation sites excluding steroid dienone is 8. The number of hydrogen-bond donors (Lipinski definition) is 4. The summed E-state index contributed by atoms with van der Waals surface area (Å²) in [5.74, 6) is -0.173. The summed E-state index contributed by atoms with van der Waals surface area (Å²) in [6.07, 6.45) is 42.2. The van der Waals surface area contributed by atoms with Gasteiger partial charge in [-0.15, -0.1) is 0 Å². The number of phosphoric acid groups is 1. The average Bonchev–Trinajstić information content (AvgIpc) is 3.21. The molecule has 350 valence electrons. The Hall–Kier alpha value is -2.11. The van der Waals surface area contributed by atoms with Crippen molar-refractivity contribution in [3.63, 3.8) is 0 Å². The van der Waals surface area contributed by atoms with Crippen molar-refractivity contribution in [2.45, 2.75) is 212 Å². The third kappa shape index (κ3) is 44.0. The van der Waals surface area contributed by atoms with Crippen molar-refractivity contribution in [1.29, 1.82) is 0 Å². The van der Waals surface area contributed by atoms with Gasteiger partial charge in [0.05, 0.1) is 25.9 Å². The highest BCUT2D eigenvalue weighted by molar-refractivity contribution is 7.47. The van der Waals surface area contributed by atoms with Crippen LogP contribution in [0.1, 0.15) is 194 Å². The number of rotatable bonds is 43. The lowest BCUT2D eigenvalue weighted by molar-refractivity contribution is -0.161.